The molecule has 176 valence electrons. The number of carbonyl (C=O) groups is 1. The molecule has 0 radical (unpaired) electrons. The summed E-state index contributed by atoms with van der Waals surface area (Å²) in [6.07, 6.45) is 9.25. The first kappa shape index (κ1) is 25.1. The van der Waals surface area contributed by atoms with Crippen molar-refractivity contribution in [1.82, 2.24) is 10.2 Å². The maximum absolute atomic E-state index is 12.0. The minimum atomic E-state index is 0.169. The topological polar surface area (TPSA) is 55.3 Å². The van der Waals surface area contributed by atoms with Crippen LogP contribution in [0.5, 0.6) is 0 Å². The summed E-state index contributed by atoms with van der Waals surface area (Å²) >= 11 is 1.84. The summed E-state index contributed by atoms with van der Waals surface area (Å²) < 4.78 is 5.41. The quantitative estimate of drug-likeness (QED) is 0.284. The molecule has 0 amide bonds. The number of ketones is 1. The van der Waals surface area contributed by atoms with E-state index in [1.807, 2.05) is 11.3 Å². The SMILES string of the molecule is Cc1ccc(C)cc1.O=C(CCCCCCc1csc(N2CCOCC2)c1)c1ccnnc1. The van der Waals surface area contributed by atoms with E-state index in [1.165, 1.54) is 34.5 Å². The number of hydrogen-bond donors (Lipinski definition) is 0. The Bertz CT molecular complexity index is 930. The van der Waals surface area contributed by atoms with Gasteiger partial charge in [-0.05, 0) is 56.2 Å². The fourth-order valence-corrected chi connectivity index (χ4v) is 4.66. The lowest BCUT2D eigenvalue weighted by Crippen LogP contribution is -2.35. The standard InChI is InChI=1S/C19H25N3O2S.C8H10/c23-18(17-7-8-20-21-14-17)6-4-2-1-3-5-16-13-19(25-15-16)22-9-11-24-12-10-22;1-7-3-5-8(2)6-4-7/h7-8,13-15H,1-6,9-12H2;3-6H,1-2H3. The fourth-order valence-electron chi connectivity index (χ4n) is 3.65. The third-order valence-electron chi connectivity index (χ3n) is 5.71. The molecule has 2 aromatic heterocycles. The molecule has 0 bridgehead atoms. The summed E-state index contributed by atoms with van der Waals surface area (Å²) in [5.74, 6) is 0.169. The highest BCUT2D eigenvalue weighted by Crippen LogP contribution is 2.26. The molecule has 4 rings (SSSR count). The molecule has 0 saturated carbocycles. The fraction of sp³-hybridized carbons (Fsp3) is 0.444. The van der Waals surface area contributed by atoms with Crippen LogP contribution in [0.4, 0.5) is 5.00 Å². The third kappa shape index (κ3) is 9.06. The number of hydrogen-bond acceptors (Lipinski definition) is 6. The number of ether oxygens (including phenoxy) is 1. The van der Waals surface area contributed by atoms with Gasteiger partial charge in [-0.25, -0.2) is 0 Å². The number of morpholine rings is 1. The average Bonchev–Trinajstić information content (AvgIpc) is 3.33. The first-order chi connectivity index (χ1) is 16.1. The highest BCUT2D eigenvalue weighted by atomic mass is 32.1. The van der Waals surface area contributed by atoms with E-state index in [0.29, 0.717) is 12.0 Å². The zero-order valence-corrected chi connectivity index (χ0v) is 20.7. The zero-order chi connectivity index (χ0) is 23.3. The van der Waals surface area contributed by atoms with E-state index in [4.69, 9.17) is 4.74 Å². The Morgan fingerprint density at radius 2 is 1.67 bits per heavy atom. The van der Waals surface area contributed by atoms with Crippen LogP contribution in [0.2, 0.25) is 0 Å². The van der Waals surface area contributed by atoms with Crippen molar-refractivity contribution in [2.45, 2.75) is 52.4 Å². The summed E-state index contributed by atoms with van der Waals surface area (Å²) in [4.78, 5) is 14.4. The lowest BCUT2D eigenvalue weighted by molar-refractivity contribution is 0.0978. The Hall–Kier alpha value is -2.57. The van der Waals surface area contributed by atoms with Crippen molar-refractivity contribution in [3.05, 3.63) is 76.4 Å². The molecule has 1 aliphatic heterocycles. The van der Waals surface area contributed by atoms with Crippen molar-refractivity contribution in [3.8, 4) is 0 Å². The lowest BCUT2D eigenvalue weighted by Gasteiger charge is -2.27. The van der Waals surface area contributed by atoms with Crippen LogP contribution in [0.1, 0.15) is 59.2 Å². The van der Waals surface area contributed by atoms with Gasteiger partial charge in [0.25, 0.3) is 0 Å². The van der Waals surface area contributed by atoms with Gasteiger partial charge in [-0.15, -0.1) is 11.3 Å². The Labute approximate surface area is 201 Å². The van der Waals surface area contributed by atoms with Gasteiger partial charge >= 0.3 is 0 Å². The highest BCUT2D eigenvalue weighted by molar-refractivity contribution is 7.14. The van der Waals surface area contributed by atoms with Gasteiger partial charge in [0.05, 0.1) is 30.6 Å². The molecule has 1 fully saturated rings. The smallest absolute Gasteiger partial charge is 0.164 e. The van der Waals surface area contributed by atoms with E-state index in [0.717, 1.165) is 45.6 Å². The predicted molar refractivity (Wildman–Crippen MR) is 136 cm³/mol. The van der Waals surface area contributed by atoms with Gasteiger partial charge in [0.1, 0.15) is 0 Å². The van der Waals surface area contributed by atoms with Crippen LogP contribution >= 0.6 is 11.3 Å². The van der Waals surface area contributed by atoms with Gasteiger partial charge in [0, 0.05) is 25.1 Å². The van der Waals surface area contributed by atoms with Crippen molar-refractivity contribution >= 4 is 22.1 Å². The first-order valence-electron chi connectivity index (χ1n) is 11.8. The van der Waals surface area contributed by atoms with Crippen LogP contribution in [-0.4, -0.2) is 42.3 Å². The summed E-state index contributed by atoms with van der Waals surface area (Å²) in [6.45, 7) is 7.86. The molecule has 6 heteroatoms. The molecule has 5 nitrogen and oxygen atoms in total. The molecule has 0 spiro atoms. The minimum absolute atomic E-state index is 0.169. The number of aryl methyl sites for hydroxylation is 3. The van der Waals surface area contributed by atoms with Crippen LogP contribution in [0.3, 0.4) is 0 Å². The van der Waals surface area contributed by atoms with Gasteiger partial charge < -0.3 is 9.64 Å². The van der Waals surface area contributed by atoms with E-state index < -0.39 is 0 Å². The van der Waals surface area contributed by atoms with Crippen LogP contribution in [0, 0.1) is 13.8 Å². The lowest BCUT2D eigenvalue weighted by atomic mass is 10.0. The Balaban J connectivity index is 0.000000323. The molecule has 33 heavy (non-hydrogen) atoms. The maximum Gasteiger partial charge on any atom is 0.164 e. The first-order valence-corrected chi connectivity index (χ1v) is 12.7. The number of Topliss-reactive ketones (excluding diaryl/α,β-unsaturated/α-hetero) is 1. The Morgan fingerprint density at radius 1 is 0.970 bits per heavy atom. The third-order valence-corrected chi connectivity index (χ3v) is 6.74. The number of thiophene rings is 1. The monoisotopic (exact) mass is 465 g/mol. The zero-order valence-electron chi connectivity index (χ0n) is 19.8. The summed E-state index contributed by atoms with van der Waals surface area (Å²) in [5, 5.41) is 11.1. The summed E-state index contributed by atoms with van der Waals surface area (Å²) in [7, 11) is 0. The number of rotatable bonds is 9. The highest BCUT2D eigenvalue weighted by Gasteiger charge is 2.13. The van der Waals surface area contributed by atoms with Crippen LogP contribution in [0.15, 0.2) is 54.2 Å². The van der Waals surface area contributed by atoms with E-state index in [1.54, 1.807) is 18.5 Å². The van der Waals surface area contributed by atoms with Crippen LogP contribution in [0.25, 0.3) is 0 Å². The number of benzene rings is 1. The average molecular weight is 466 g/mol. The van der Waals surface area contributed by atoms with Crippen molar-refractivity contribution in [2.24, 2.45) is 0 Å². The number of nitrogens with zero attached hydrogens (tertiary/aromatic N) is 3. The van der Waals surface area contributed by atoms with Crippen molar-refractivity contribution in [3.63, 3.8) is 0 Å². The van der Waals surface area contributed by atoms with E-state index >= 15 is 0 Å². The molecule has 0 aliphatic carbocycles. The van der Waals surface area contributed by atoms with Crippen molar-refractivity contribution in [1.29, 1.82) is 0 Å². The van der Waals surface area contributed by atoms with Gasteiger partial charge in [-0.2, -0.15) is 10.2 Å². The molecular formula is C27H35N3O2S. The second-order valence-corrected chi connectivity index (χ2v) is 9.41. The number of unbranched alkanes of at least 4 members (excludes halogenated alkanes) is 3. The minimum Gasteiger partial charge on any atom is -0.378 e. The number of anilines is 1. The number of carbonyl (C=O) groups excluding carboxylic acids is 1. The van der Waals surface area contributed by atoms with Crippen LogP contribution < -0.4 is 4.90 Å². The van der Waals surface area contributed by atoms with E-state index in [-0.39, 0.29) is 5.78 Å². The molecule has 3 heterocycles. The molecule has 0 N–H and O–H groups in total. The molecule has 1 aliphatic rings. The summed E-state index contributed by atoms with van der Waals surface area (Å²) in [6, 6.07) is 12.5. The summed E-state index contributed by atoms with van der Waals surface area (Å²) in [5.41, 5.74) is 4.76. The molecule has 1 aromatic carbocycles. The normalized spacial score (nSPS) is 13.3. The largest absolute Gasteiger partial charge is 0.378 e. The number of aromatic nitrogens is 2. The van der Waals surface area contributed by atoms with E-state index in [9.17, 15) is 4.79 Å². The van der Waals surface area contributed by atoms with Gasteiger partial charge in [-0.1, -0.05) is 48.2 Å². The van der Waals surface area contributed by atoms with Crippen molar-refractivity contribution < 1.29 is 9.53 Å². The second-order valence-electron chi connectivity index (χ2n) is 8.52. The van der Waals surface area contributed by atoms with Gasteiger partial charge in [0.15, 0.2) is 5.78 Å². The van der Waals surface area contributed by atoms with E-state index in [2.05, 4.69) is 64.7 Å². The second kappa shape index (κ2) is 13.9. The molecule has 3 aromatic rings. The Morgan fingerprint density at radius 3 is 2.33 bits per heavy atom. The molecular weight excluding hydrogens is 430 g/mol. The van der Waals surface area contributed by atoms with Gasteiger partial charge in [0.2, 0.25) is 0 Å². The predicted octanol–water partition coefficient (Wildman–Crippen LogP) is 6.05. The van der Waals surface area contributed by atoms with Crippen LogP contribution in [-0.2, 0) is 11.2 Å². The molecule has 0 unspecified atom stereocenters. The molecule has 0 atom stereocenters. The molecule has 1 saturated heterocycles. The maximum atomic E-state index is 12.0. The Kier molecular flexibility index (Phi) is 10.5. The van der Waals surface area contributed by atoms with Crippen molar-refractivity contribution in [2.75, 3.05) is 31.2 Å². The van der Waals surface area contributed by atoms with Gasteiger partial charge in [-0.3, -0.25) is 4.79 Å².